The second-order valence-electron chi connectivity index (χ2n) is 10.1. The molecule has 1 saturated heterocycles. The Morgan fingerprint density at radius 1 is 1.11 bits per heavy atom. The molecule has 1 saturated carbocycles. The average molecular weight is 493 g/mol. The molecule has 7 heteroatoms. The van der Waals surface area contributed by atoms with Gasteiger partial charge in [-0.1, -0.05) is 42.5 Å². The molecule has 0 bridgehead atoms. The first-order chi connectivity index (χ1) is 18.1. The molecule has 2 fully saturated rings. The molecule has 6 rings (SSSR count). The molecule has 2 heterocycles. The first-order valence-corrected chi connectivity index (χ1v) is 12.7. The number of amides is 1. The number of carbonyl (C=O) groups excluding carboxylic acids is 1. The number of carbonyl (C=O) groups is 1. The zero-order valence-corrected chi connectivity index (χ0v) is 20.5. The van der Waals surface area contributed by atoms with Crippen LogP contribution in [-0.4, -0.2) is 27.8 Å². The molecule has 1 unspecified atom stereocenters. The van der Waals surface area contributed by atoms with Crippen LogP contribution in [0.3, 0.4) is 0 Å². The number of benzene rings is 3. The smallest absolute Gasteiger partial charge is 0.415 e. The first kappa shape index (κ1) is 23.1. The number of fused-ring (bicyclic) bond motifs is 1. The van der Waals surface area contributed by atoms with Gasteiger partial charge in [-0.15, -0.1) is 0 Å². The zero-order valence-electron chi connectivity index (χ0n) is 20.5. The largest absolute Gasteiger partial charge is 0.489 e. The molecular weight excluding hydrogens is 464 g/mol. The van der Waals surface area contributed by atoms with Gasteiger partial charge in [0.1, 0.15) is 18.0 Å². The molecule has 0 N–H and O–H groups in total. The molecular formula is C30H28N4O3. The molecule has 7 nitrogen and oxygen atoms in total. The minimum atomic E-state index is -0.487. The fraction of sp³-hybridized carbons (Fsp3) is 0.300. The standard InChI is InChI=1S/C30H28N4O3/c1-31-24-12-13-27-28(15-24)33(21-32-27)18-23-9-6-14-30(17-23)20-34(29(35)37-30)25-10-5-11-26(16-25)36-19-22-7-3-2-4-8-22/h2-5,7-8,10-13,15-16,21,23H,6,9,14,17-20H2/t23-,30?/m0/s1. The lowest BCUT2D eigenvalue weighted by Gasteiger charge is -2.36. The molecule has 1 amide bonds. The Morgan fingerprint density at radius 3 is 2.86 bits per heavy atom. The molecule has 186 valence electrons. The Kier molecular flexibility index (Phi) is 6.01. The lowest BCUT2D eigenvalue weighted by Crippen LogP contribution is -2.40. The quantitative estimate of drug-likeness (QED) is 0.279. The average Bonchev–Trinajstić information content (AvgIpc) is 3.47. The Morgan fingerprint density at radius 2 is 2.00 bits per heavy atom. The van der Waals surface area contributed by atoms with Crippen molar-refractivity contribution in [2.75, 3.05) is 11.4 Å². The molecule has 4 aromatic rings. The van der Waals surface area contributed by atoms with Gasteiger partial charge in [0.15, 0.2) is 5.69 Å². The second-order valence-corrected chi connectivity index (χ2v) is 10.1. The normalized spacial score (nSPS) is 21.2. The molecule has 1 aliphatic heterocycles. The van der Waals surface area contributed by atoms with Crippen molar-refractivity contribution in [1.29, 1.82) is 0 Å². The predicted molar refractivity (Wildman–Crippen MR) is 142 cm³/mol. The third-order valence-corrected chi connectivity index (χ3v) is 7.44. The van der Waals surface area contributed by atoms with Gasteiger partial charge in [-0.3, -0.25) is 4.90 Å². The predicted octanol–water partition coefficient (Wildman–Crippen LogP) is 6.75. The molecule has 3 aromatic carbocycles. The Hall–Kier alpha value is -4.31. The number of ether oxygens (including phenoxy) is 2. The van der Waals surface area contributed by atoms with Gasteiger partial charge < -0.3 is 14.0 Å². The van der Waals surface area contributed by atoms with E-state index in [1.807, 2.05) is 73.1 Å². The van der Waals surface area contributed by atoms with Crippen LogP contribution < -0.4 is 9.64 Å². The monoisotopic (exact) mass is 492 g/mol. The van der Waals surface area contributed by atoms with Crippen molar-refractivity contribution in [1.82, 2.24) is 9.55 Å². The van der Waals surface area contributed by atoms with Crippen LogP contribution in [0.25, 0.3) is 15.9 Å². The summed E-state index contributed by atoms with van der Waals surface area (Å²) in [6.07, 6.45) is 5.31. The van der Waals surface area contributed by atoms with Gasteiger partial charge >= 0.3 is 6.09 Å². The molecule has 2 atom stereocenters. The highest BCUT2D eigenvalue weighted by molar-refractivity contribution is 5.90. The minimum absolute atomic E-state index is 0.296. The summed E-state index contributed by atoms with van der Waals surface area (Å²) < 4.78 is 14.2. The molecule has 0 radical (unpaired) electrons. The molecule has 1 aromatic heterocycles. The van der Waals surface area contributed by atoms with Crippen LogP contribution in [0, 0.1) is 12.5 Å². The Labute approximate surface area is 216 Å². The highest BCUT2D eigenvalue weighted by Crippen LogP contribution is 2.42. The van der Waals surface area contributed by atoms with Crippen molar-refractivity contribution in [2.45, 2.75) is 44.4 Å². The van der Waals surface area contributed by atoms with Crippen LogP contribution in [0.15, 0.2) is 79.1 Å². The lowest BCUT2D eigenvalue weighted by molar-refractivity contribution is 0.00439. The topological polar surface area (TPSA) is 61.0 Å². The maximum absolute atomic E-state index is 13.0. The van der Waals surface area contributed by atoms with Gasteiger partial charge in [-0.2, -0.15) is 0 Å². The number of nitrogens with zero attached hydrogens (tertiary/aromatic N) is 4. The van der Waals surface area contributed by atoms with Crippen molar-refractivity contribution >= 4 is 28.5 Å². The third-order valence-electron chi connectivity index (χ3n) is 7.44. The second kappa shape index (κ2) is 9.62. The van der Waals surface area contributed by atoms with Gasteiger partial charge in [0.05, 0.1) is 36.2 Å². The van der Waals surface area contributed by atoms with E-state index >= 15 is 0 Å². The maximum atomic E-state index is 13.0. The fourth-order valence-corrected chi connectivity index (χ4v) is 5.68. The first-order valence-electron chi connectivity index (χ1n) is 12.7. The van der Waals surface area contributed by atoms with E-state index in [9.17, 15) is 4.79 Å². The van der Waals surface area contributed by atoms with Gasteiger partial charge in [0, 0.05) is 12.6 Å². The van der Waals surface area contributed by atoms with E-state index in [2.05, 4.69) is 14.4 Å². The van der Waals surface area contributed by atoms with E-state index < -0.39 is 5.60 Å². The SMILES string of the molecule is [C-]#[N+]c1ccc2ncn(C[C@H]3CCCC4(C3)CN(c3cccc(OCc5ccccc5)c3)C(=O)O4)c2c1. The van der Waals surface area contributed by atoms with Crippen molar-refractivity contribution in [2.24, 2.45) is 5.92 Å². The van der Waals surface area contributed by atoms with E-state index in [-0.39, 0.29) is 6.09 Å². The summed E-state index contributed by atoms with van der Waals surface area (Å²) in [5, 5.41) is 0. The van der Waals surface area contributed by atoms with E-state index in [0.29, 0.717) is 24.8 Å². The van der Waals surface area contributed by atoms with Gasteiger partial charge in [-0.25, -0.2) is 14.6 Å². The third kappa shape index (κ3) is 4.75. The van der Waals surface area contributed by atoms with Crippen LogP contribution >= 0.6 is 0 Å². The molecule has 37 heavy (non-hydrogen) atoms. The van der Waals surface area contributed by atoms with Crippen LogP contribution in [0.5, 0.6) is 5.75 Å². The fourth-order valence-electron chi connectivity index (χ4n) is 5.68. The van der Waals surface area contributed by atoms with E-state index in [1.54, 1.807) is 11.0 Å². The van der Waals surface area contributed by atoms with Crippen LogP contribution in [0.1, 0.15) is 31.2 Å². The minimum Gasteiger partial charge on any atom is -0.489 e. The summed E-state index contributed by atoms with van der Waals surface area (Å²) in [6, 6.07) is 23.3. The van der Waals surface area contributed by atoms with E-state index in [0.717, 1.165) is 60.3 Å². The van der Waals surface area contributed by atoms with Crippen molar-refractivity contribution in [3.8, 4) is 5.75 Å². The summed E-state index contributed by atoms with van der Waals surface area (Å²) in [6.45, 7) is 9.13. The summed E-state index contributed by atoms with van der Waals surface area (Å²) >= 11 is 0. The van der Waals surface area contributed by atoms with E-state index in [4.69, 9.17) is 16.0 Å². The Balaban J connectivity index is 1.15. The van der Waals surface area contributed by atoms with Crippen LogP contribution in [0.2, 0.25) is 0 Å². The number of hydrogen-bond donors (Lipinski definition) is 0. The van der Waals surface area contributed by atoms with E-state index in [1.165, 1.54) is 0 Å². The summed E-state index contributed by atoms with van der Waals surface area (Å²) in [7, 11) is 0. The summed E-state index contributed by atoms with van der Waals surface area (Å²) in [5.74, 6) is 1.08. The van der Waals surface area contributed by atoms with Crippen molar-refractivity contribution < 1.29 is 14.3 Å². The number of aromatic nitrogens is 2. The van der Waals surface area contributed by atoms with Crippen LogP contribution in [-0.2, 0) is 17.9 Å². The van der Waals surface area contributed by atoms with Gasteiger partial charge in [0.25, 0.3) is 0 Å². The lowest BCUT2D eigenvalue weighted by atomic mass is 9.78. The van der Waals surface area contributed by atoms with Gasteiger partial charge in [0.2, 0.25) is 0 Å². The Bertz CT molecular complexity index is 1480. The number of imidazole rings is 1. The highest BCUT2D eigenvalue weighted by atomic mass is 16.6. The van der Waals surface area contributed by atoms with Crippen LogP contribution in [0.4, 0.5) is 16.2 Å². The summed E-state index contributed by atoms with van der Waals surface area (Å²) in [5.41, 5.74) is 3.89. The molecule has 2 aliphatic rings. The summed E-state index contributed by atoms with van der Waals surface area (Å²) in [4.78, 5) is 22.8. The van der Waals surface area contributed by atoms with Crippen molar-refractivity contribution in [3.63, 3.8) is 0 Å². The number of anilines is 1. The molecule has 1 spiro atoms. The highest BCUT2D eigenvalue weighted by Gasteiger charge is 2.48. The van der Waals surface area contributed by atoms with Crippen molar-refractivity contribution in [3.05, 3.63) is 96.1 Å². The molecule has 1 aliphatic carbocycles. The maximum Gasteiger partial charge on any atom is 0.415 e. The number of rotatable bonds is 6. The zero-order chi connectivity index (χ0) is 25.2. The van der Waals surface area contributed by atoms with Gasteiger partial charge in [-0.05, 0) is 61.4 Å². The number of hydrogen-bond acceptors (Lipinski definition) is 4.